The lowest BCUT2D eigenvalue weighted by Crippen LogP contribution is -2.47. The van der Waals surface area contributed by atoms with Crippen molar-refractivity contribution in [1.29, 1.82) is 0 Å². The van der Waals surface area contributed by atoms with Crippen molar-refractivity contribution in [2.24, 2.45) is 10.8 Å². The van der Waals surface area contributed by atoms with Gasteiger partial charge in [0.1, 0.15) is 6.04 Å². The lowest BCUT2D eigenvalue weighted by atomic mass is 9.65. The summed E-state index contributed by atoms with van der Waals surface area (Å²) in [6.07, 6.45) is 3.84. The molecular formula is C51H59N3O6S. The normalized spacial score (nSPS) is 24.3. The van der Waals surface area contributed by atoms with E-state index in [-0.39, 0.29) is 36.7 Å². The Morgan fingerprint density at radius 1 is 0.803 bits per heavy atom. The van der Waals surface area contributed by atoms with Crippen molar-refractivity contribution in [2.45, 2.75) is 108 Å². The Bertz CT molecular complexity index is 2410. The van der Waals surface area contributed by atoms with Crippen LogP contribution in [0.15, 0.2) is 132 Å². The van der Waals surface area contributed by atoms with Crippen molar-refractivity contribution in [2.75, 3.05) is 13.1 Å². The van der Waals surface area contributed by atoms with E-state index in [1.807, 2.05) is 79.7 Å². The van der Waals surface area contributed by atoms with Crippen LogP contribution in [0.3, 0.4) is 0 Å². The molecule has 1 aliphatic carbocycles. The van der Waals surface area contributed by atoms with E-state index in [0.717, 1.165) is 64.0 Å². The number of fused-ring (bicyclic) bond motifs is 2. The molecule has 2 aliphatic heterocycles. The van der Waals surface area contributed by atoms with E-state index in [9.17, 15) is 18.3 Å². The fraction of sp³-hybridized carbons (Fsp3) is 0.392. The third-order valence-electron chi connectivity index (χ3n) is 12.7. The molecule has 6 atom stereocenters. The minimum atomic E-state index is -3.97. The average Bonchev–Trinajstić information content (AvgIpc) is 3.49. The number of ether oxygens (including phenoxy) is 2. The Kier molecular flexibility index (Phi) is 12.7. The number of nitrogens with zero attached hydrogens (tertiary/aromatic N) is 1. The number of aliphatic hydroxyl groups is 1. The number of carbonyl (C=O) groups is 1. The predicted octanol–water partition coefficient (Wildman–Crippen LogP) is 8.81. The van der Waals surface area contributed by atoms with Gasteiger partial charge < -0.3 is 19.9 Å². The van der Waals surface area contributed by atoms with E-state index < -0.39 is 28.3 Å². The molecule has 2 heterocycles. The second-order valence-electron chi connectivity index (χ2n) is 18.7. The van der Waals surface area contributed by atoms with E-state index >= 15 is 0 Å². The molecule has 3 aliphatic rings. The van der Waals surface area contributed by atoms with Gasteiger partial charge in [-0.1, -0.05) is 129 Å². The highest BCUT2D eigenvalue weighted by molar-refractivity contribution is 7.89. The molecule has 8 rings (SSSR count). The number of aryl methyl sites for hydroxylation is 1. The highest BCUT2D eigenvalue weighted by Gasteiger charge is 2.50. The lowest BCUT2D eigenvalue weighted by Gasteiger charge is -2.41. The molecule has 0 spiro atoms. The van der Waals surface area contributed by atoms with E-state index in [1.54, 1.807) is 24.3 Å². The van der Waals surface area contributed by atoms with Crippen LogP contribution in [0.2, 0.25) is 0 Å². The van der Waals surface area contributed by atoms with Gasteiger partial charge in [-0.05, 0) is 101 Å². The van der Waals surface area contributed by atoms with Crippen molar-refractivity contribution >= 4 is 15.9 Å². The third kappa shape index (κ3) is 10.5. The SMILES string of the molecule is Cc1ccc(S(=O)(=O)NC(Cc2ccccc2)C(=O)NCc2cccc(-c3cccc(C4OC(CN5CC6(C)CC5CC(C)(C)C6)CC(c5ccc(CO)cc5)O4)c3)c2)cc1. The number of benzene rings is 5. The summed E-state index contributed by atoms with van der Waals surface area (Å²) in [6.45, 7) is 11.3. The molecule has 6 unspecified atom stereocenters. The molecule has 2 bridgehead atoms. The van der Waals surface area contributed by atoms with Gasteiger partial charge in [0.05, 0.1) is 23.7 Å². The van der Waals surface area contributed by atoms with Gasteiger partial charge in [-0.15, -0.1) is 0 Å². The lowest BCUT2D eigenvalue weighted by molar-refractivity contribution is -0.253. The third-order valence-corrected chi connectivity index (χ3v) is 14.2. The highest BCUT2D eigenvalue weighted by atomic mass is 32.2. The van der Waals surface area contributed by atoms with Crippen LogP contribution in [0.25, 0.3) is 11.1 Å². The zero-order valence-corrected chi connectivity index (χ0v) is 36.5. The van der Waals surface area contributed by atoms with E-state index in [0.29, 0.717) is 16.9 Å². The van der Waals surface area contributed by atoms with Crippen LogP contribution in [0.4, 0.5) is 0 Å². The highest BCUT2D eigenvalue weighted by Crippen LogP contribution is 2.53. The van der Waals surface area contributed by atoms with Gasteiger partial charge in [-0.25, -0.2) is 8.42 Å². The van der Waals surface area contributed by atoms with Crippen LogP contribution < -0.4 is 10.0 Å². The zero-order valence-electron chi connectivity index (χ0n) is 35.7. The molecular weight excluding hydrogens is 783 g/mol. The summed E-state index contributed by atoms with van der Waals surface area (Å²) in [6, 6.07) is 39.9. The molecule has 1 saturated carbocycles. The Hall–Kier alpha value is -4.68. The summed E-state index contributed by atoms with van der Waals surface area (Å²) in [5, 5.41) is 12.7. The van der Waals surface area contributed by atoms with Gasteiger partial charge in [-0.3, -0.25) is 9.69 Å². The van der Waals surface area contributed by atoms with Gasteiger partial charge in [0.25, 0.3) is 0 Å². The van der Waals surface area contributed by atoms with Crippen LogP contribution >= 0.6 is 0 Å². The van der Waals surface area contributed by atoms with Crippen LogP contribution in [0.5, 0.6) is 0 Å². The van der Waals surface area contributed by atoms with Gasteiger partial charge in [0.2, 0.25) is 15.9 Å². The molecule has 320 valence electrons. The number of nitrogens with one attached hydrogen (secondary N) is 2. The van der Waals surface area contributed by atoms with Crippen molar-refractivity contribution in [3.63, 3.8) is 0 Å². The molecule has 3 fully saturated rings. The standard InChI is InChI=1S/C51H59N3O6S/c1-35-16-22-45(23-17-35)61(57,58)53-46(25-36-10-6-5-7-11-36)48(56)52-30-38-12-8-13-40(24-38)41-14-9-15-42(26-41)49-59-44(27-47(60-49)39-20-18-37(32-55)19-21-39)31-54-34-51(4)29-43(54)28-50(2,3)33-51/h5-24,26,43-44,46-47,49,53,55H,25,27-34H2,1-4H3,(H,52,56). The maximum Gasteiger partial charge on any atom is 0.241 e. The van der Waals surface area contributed by atoms with E-state index in [4.69, 9.17) is 9.47 Å². The van der Waals surface area contributed by atoms with Crippen molar-refractivity contribution in [3.8, 4) is 11.1 Å². The number of sulfonamides is 1. The summed E-state index contributed by atoms with van der Waals surface area (Å²) in [5.41, 5.74) is 8.15. The number of amides is 1. The first-order valence-electron chi connectivity index (χ1n) is 21.6. The number of aliphatic hydroxyl groups excluding tert-OH is 1. The van der Waals surface area contributed by atoms with Crippen molar-refractivity contribution in [1.82, 2.24) is 14.9 Å². The number of hydrogen-bond donors (Lipinski definition) is 3. The van der Waals surface area contributed by atoms with Gasteiger partial charge >= 0.3 is 0 Å². The fourth-order valence-corrected chi connectivity index (χ4v) is 11.3. The maximum absolute atomic E-state index is 13.8. The molecule has 5 aromatic carbocycles. The molecule has 5 aromatic rings. The minimum Gasteiger partial charge on any atom is -0.392 e. The smallest absolute Gasteiger partial charge is 0.241 e. The van der Waals surface area contributed by atoms with Gasteiger partial charge in [0, 0.05) is 37.7 Å². The second-order valence-corrected chi connectivity index (χ2v) is 20.4. The van der Waals surface area contributed by atoms with Crippen LogP contribution in [0, 0.1) is 17.8 Å². The molecule has 9 nitrogen and oxygen atoms in total. The first kappa shape index (κ1) is 43.0. The Labute approximate surface area is 361 Å². The average molecular weight is 842 g/mol. The quantitative estimate of drug-likeness (QED) is 0.102. The molecule has 0 aromatic heterocycles. The Balaban J connectivity index is 0.986. The van der Waals surface area contributed by atoms with Gasteiger partial charge in [-0.2, -0.15) is 4.72 Å². The summed E-state index contributed by atoms with van der Waals surface area (Å²) in [7, 11) is -3.97. The monoisotopic (exact) mass is 841 g/mol. The second kappa shape index (κ2) is 18.0. The summed E-state index contributed by atoms with van der Waals surface area (Å²) < 4.78 is 43.2. The van der Waals surface area contributed by atoms with Crippen LogP contribution in [-0.4, -0.2) is 55.6 Å². The first-order chi connectivity index (χ1) is 29.2. The minimum absolute atomic E-state index is 0.00314. The molecule has 2 saturated heterocycles. The van der Waals surface area contributed by atoms with Crippen molar-refractivity contribution < 1.29 is 27.8 Å². The topological polar surface area (TPSA) is 117 Å². The first-order valence-corrected chi connectivity index (χ1v) is 23.1. The van der Waals surface area contributed by atoms with Crippen molar-refractivity contribution in [3.05, 3.63) is 161 Å². The predicted molar refractivity (Wildman–Crippen MR) is 239 cm³/mol. The number of carbonyl (C=O) groups excluding carboxylic acids is 1. The summed E-state index contributed by atoms with van der Waals surface area (Å²) >= 11 is 0. The number of hydrogen-bond acceptors (Lipinski definition) is 7. The molecule has 10 heteroatoms. The van der Waals surface area contributed by atoms with E-state index in [1.165, 1.54) is 19.3 Å². The summed E-state index contributed by atoms with van der Waals surface area (Å²) in [4.78, 5) is 16.6. The maximum atomic E-state index is 13.8. The largest absolute Gasteiger partial charge is 0.392 e. The molecule has 1 amide bonds. The van der Waals surface area contributed by atoms with Gasteiger partial charge in [0.15, 0.2) is 6.29 Å². The Morgan fingerprint density at radius 2 is 1.51 bits per heavy atom. The molecule has 0 radical (unpaired) electrons. The Morgan fingerprint density at radius 3 is 2.25 bits per heavy atom. The van der Waals surface area contributed by atoms with E-state index in [2.05, 4.69) is 66.0 Å². The molecule has 3 N–H and O–H groups in total. The van der Waals surface area contributed by atoms with Crippen LogP contribution in [-0.2, 0) is 43.9 Å². The molecule has 61 heavy (non-hydrogen) atoms. The van der Waals surface area contributed by atoms with Crippen LogP contribution in [0.1, 0.15) is 92.2 Å². The number of rotatable bonds is 14. The fourth-order valence-electron chi connectivity index (χ4n) is 10.1. The zero-order chi connectivity index (χ0) is 42.8. The summed E-state index contributed by atoms with van der Waals surface area (Å²) in [5.74, 6) is -0.413. The number of likely N-dealkylation sites (tertiary alicyclic amines) is 1.